The van der Waals surface area contributed by atoms with Gasteiger partial charge < -0.3 is 4.81 Å². The highest BCUT2D eigenvalue weighted by Gasteiger charge is 2.78. The van der Waals surface area contributed by atoms with E-state index in [0.29, 0.717) is 0 Å². The van der Waals surface area contributed by atoms with Crippen molar-refractivity contribution in [3.63, 3.8) is 0 Å². The predicted octanol–water partition coefficient (Wildman–Crippen LogP) is -1.99. The van der Waals surface area contributed by atoms with Crippen LogP contribution in [0.25, 0.3) is 0 Å². The van der Waals surface area contributed by atoms with Gasteiger partial charge in [-0.3, -0.25) is 24.1 Å². The Morgan fingerprint density at radius 3 is 1.79 bits per heavy atom. The fourth-order valence-electron chi connectivity index (χ4n) is 1.73. The zero-order valence-electron chi connectivity index (χ0n) is 7.60. The molecule has 0 saturated carbocycles. The maximum absolute atomic E-state index is 11.4. The van der Waals surface area contributed by atoms with Crippen LogP contribution in [0.3, 0.4) is 0 Å². The minimum atomic E-state index is -2.01. The number of carbonyl (C=O) groups excluding carboxylic acids is 4. The van der Waals surface area contributed by atoms with Crippen molar-refractivity contribution < 1.29 is 19.2 Å². The molecule has 14 heavy (non-hydrogen) atoms. The van der Waals surface area contributed by atoms with Gasteiger partial charge in [0.05, 0.1) is 0 Å². The van der Waals surface area contributed by atoms with Crippen LogP contribution in [0.1, 0.15) is 0 Å². The number of hydrogen-bond acceptors (Lipinski definition) is 4. The molecule has 7 heteroatoms. The third-order valence-electron chi connectivity index (χ3n) is 2.59. The molecular formula is C7H6BN2O4. The van der Waals surface area contributed by atoms with Crippen LogP contribution in [-0.4, -0.2) is 47.8 Å². The monoisotopic (exact) mass is 193 g/mol. The Hall–Kier alpha value is -1.66. The molecular weight excluding hydrogens is 187 g/mol. The molecule has 0 aromatic rings. The number of amides is 4. The van der Waals surface area contributed by atoms with E-state index in [2.05, 4.69) is 0 Å². The second-order valence-electron chi connectivity index (χ2n) is 3.16. The summed E-state index contributed by atoms with van der Waals surface area (Å²) in [7, 11) is 2.49. The van der Waals surface area contributed by atoms with Gasteiger partial charge in [-0.05, 0) is 0 Å². The molecule has 2 heterocycles. The highest BCUT2D eigenvalue weighted by molar-refractivity contribution is 6.61. The standard InChI is InChI=1S/C7H6BN2O4/c1-8-10-5(13)7(6(10)14)3(11)9(2)4(7)12/h1-2H3. The van der Waals surface area contributed by atoms with Crippen molar-refractivity contribution in [1.29, 1.82) is 0 Å². The molecule has 2 rings (SSSR count). The molecule has 0 atom stereocenters. The van der Waals surface area contributed by atoms with E-state index in [1.54, 1.807) is 0 Å². The van der Waals surface area contributed by atoms with Gasteiger partial charge in [0.25, 0.3) is 36.5 Å². The van der Waals surface area contributed by atoms with Crippen molar-refractivity contribution in [3.8, 4) is 0 Å². The van der Waals surface area contributed by atoms with Crippen molar-refractivity contribution in [2.45, 2.75) is 6.82 Å². The summed E-state index contributed by atoms with van der Waals surface area (Å²) >= 11 is 0. The summed E-state index contributed by atoms with van der Waals surface area (Å²) in [6.07, 6.45) is 0. The van der Waals surface area contributed by atoms with Gasteiger partial charge in [-0.25, -0.2) is 0 Å². The van der Waals surface area contributed by atoms with Crippen molar-refractivity contribution in [3.05, 3.63) is 0 Å². The Labute approximate surface area is 80.1 Å². The van der Waals surface area contributed by atoms with Gasteiger partial charge >= 0.3 is 0 Å². The van der Waals surface area contributed by atoms with Crippen molar-refractivity contribution >= 4 is 31.0 Å². The largest absolute Gasteiger partial charge is 0.330 e. The summed E-state index contributed by atoms with van der Waals surface area (Å²) in [6, 6.07) is 0. The number of hydrogen-bond donors (Lipinski definition) is 0. The molecule has 1 radical (unpaired) electrons. The predicted molar refractivity (Wildman–Crippen MR) is 43.7 cm³/mol. The maximum atomic E-state index is 11.4. The number of carbonyl (C=O) groups is 4. The van der Waals surface area contributed by atoms with Crippen LogP contribution >= 0.6 is 0 Å². The summed E-state index contributed by atoms with van der Waals surface area (Å²) < 4.78 is 0. The summed E-state index contributed by atoms with van der Waals surface area (Å²) in [5.74, 6) is -2.93. The minimum absolute atomic E-state index is 0.726. The topological polar surface area (TPSA) is 74.8 Å². The average Bonchev–Trinajstić information content (AvgIpc) is 2.18. The van der Waals surface area contributed by atoms with Crippen LogP contribution in [0.4, 0.5) is 0 Å². The SMILES string of the molecule is C[B]N1C(=O)C2(C(=O)N(C)C2=O)C1=O. The van der Waals surface area contributed by atoms with Crippen molar-refractivity contribution in [1.82, 2.24) is 9.71 Å². The summed E-state index contributed by atoms with van der Waals surface area (Å²) in [5.41, 5.74) is -2.01. The zero-order chi connectivity index (χ0) is 10.7. The summed E-state index contributed by atoms with van der Waals surface area (Å²) in [5, 5.41) is 0. The Balaban J connectivity index is 2.39. The molecule has 2 saturated heterocycles. The lowest BCUT2D eigenvalue weighted by atomic mass is 9.65. The Morgan fingerprint density at radius 1 is 1.00 bits per heavy atom. The molecule has 0 aromatic carbocycles. The van der Waals surface area contributed by atoms with E-state index in [0.717, 1.165) is 9.71 Å². The van der Waals surface area contributed by atoms with E-state index < -0.39 is 29.0 Å². The normalized spacial score (nSPS) is 23.9. The van der Waals surface area contributed by atoms with Crippen LogP contribution < -0.4 is 0 Å². The second kappa shape index (κ2) is 2.23. The van der Waals surface area contributed by atoms with E-state index >= 15 is 0 Å². The van der Waals surface area contributed by atoms with Crippen LogP contribution in [0.15, 0.2) is 0 Å². The van der Waals surface area contributed by atoms with Gasteiger partial charge in [0, 0.05) is 7.05 Å². The lowest BCUT2D eigenvalue weighted by Gasteiger charge is -2.51. The molecule has 0 unspecified atom stereocenters. The molecule has 2 aliphatic heterocycles. The average molecular weight is 193 g/mol. The van der Waals surface area contributed by atoms with Crippen molar-refractivity contribution in [2.75, 3.05) is 7.05 Å². The van der Waals surface area contributed by atoms with E-state index in [4.69, 9.17) is 0 Å². The first-order valence-corrected chi connectivity index (χ1v) is 3.99. The molecule has 1 spiro atoms. The number of likely N-dealkylation sites (tertiary alicyclic amines) is 1. The summed E-state index contributed by atoms with van der Waals surface area (Å²) in [6.45, 7) is 1.49. The van der Waals surface area contributed by atoms with Gasteiger partial charge in [-0.15, -0.1) is 0 Å². The molecule has 2 aliphatic rings. The lowest BCUT2D eigenvalue weighted by Crippen LogP contribution is -2.83. The molecule has 0 N–H and O–H groups in total. The number of β-lactam (4-membered cyclic amide) rings is 4. The van der Waals surface area contributed by atoms with Crippen LogP contribution in [-0.2, 0) is 19.2 Å². The van der Waals surface area contributed by atoms with Gasteiger partial charge in [0.1, 0.15) is 0 Å². The highest BCUT2D eigenvalue weighted by atomic mass is 16.2. The van der Waals surface area contributed by atoms with E-state index in [1.807, 2.05) is 0 Å². The van der Waals surface area contributed by atoms with Gasteiger partial charge in [0.15, 0.2) is 0 Å². The third-order valence-corrected chi connectivity index (χ3v) is 2.59. The minimum Gasteiger partial charge on any atom is -0.330 e. The Kier molecular flexibility index (Phi) is 1.42. The molecule has 0 aromatic heterocycles. The van der Waals surface area contributed by atoms with E-state index in [9.17, 15) is 19.2 Å². The smallest absolute Gasteiger partial charge is 0.282 e. The van der Waals surface area contributed by atoms with E-state index in [1.165, 1.54) is 21.3 Å². The molecule has 71 valence electrons. The number of imide groups is 2. The fraction of sp³-hybridized carbons (Fsp3) is 0.429. The highest BCUT2D eigenvalue weighted by Crippen LogP contribution is 2.43. The Morgan fingerprint density at radius 2 is 1.43 bits per heavy atom. The van der Waals surface area contributed by atoms with Crippen molar-refractivity contribution in [2.24, 2.45) is 5.41 Å². The fourth-order valence-corrected chi connectivity index (χ4v) is 1.73. The van der Waals surface area contributed by atoms with Gasteiger partial charge in [0.2, 0.25) is 0 Å². The third kappa shape index (κ3) is 0.555. The van der Waals surface area contributed by atoms with E-state index in [-0.39, 0.29) is 0 Å². The van der Waals surface area contributed by atoms with Crippen LogP contribution in [0, 0.1) is 5.41 Å². The Bertz CT molecular complexity index is 357. The first-order chi connectivity index (χ1) is 6.49. The maximum Gasteiger partial charge on any atom is 0.282 e. The first-order valence-electron chi connectivity index (χ1n) is 3.99. The zero-order valence-corrected chi connectivity index (χ0v) is 7.60. The number of rotatable bonds is 1. The van der Waals surface area contributed by atoms with Gasteiger partial charge in [-0.2, -0.15) is 0 Å². The molecule has 0 aliphatic carbocycles. The first kappa shape index (κ1) is 8.92. The summed E-state index contributed by atoms with van der Waals surface area (Å²) in [4.78, 5) is 46.9. The van der Waals surface area contributed by atoms with Gasteiger partial charge in [-0.1, -0.05) is 6.82 Å². The second-order valence-corrected chi connectivity index (χ2v) is 3.16. The number of nitrogens with zero attached hydrogens (tertiary/aromatic N) is 2. The quantitative estimate of drug-likeness (QED) is 0.274. The molecule has 6 nitrogen and oxygen atoms in total. The molecule has 0 bridgehead atoms. The molecule has 2 fully saturated rings. The lowest BCUT2D eigenvalue weighted by molar-refractivity contribution is -0.193. The van der Waals surface area contributed by atoms with Crippen LogP contribution in [0.5, 0.6) is 0 Å². The molecule has 4 amide bonds. The van der Waals surface area contributed by atoms with Crippen LogP contribution in [0.2, 0.25) is 6.82 Å².